The van der Waals surface area contributed by atoms with Crippen LogP contribution in [0.15, 0.2) is 47.4 Å². The Kier molecular flexibility index (Phi) is 8.19. The number of carbonyl (C=O) groups excluding carboxylic acids is 2. The standard InChI is InChI=1S/C19H21N3O8S/c1-29-9-3-8-20-31(27,28)17-6-4-15(5-7-17)21-18(23)13-10-14(19(24)30-2)12-16(11-13)22(25)26/h4-7,10-12,20H,3,8-9H2,1-2H3,(H,21,23). The molecule has 0 bridgehead atoms. The quantitative estimate of drug-likeness (QED) is 0.240. The van der Waals surface area contributed by atoms with E-state index in [2.05, 4.69) is 14.8 Å². The number of sulfonamides is 1. The maximum Gasteiger partial charge on any atom is 0.338 e. The van der Waals surface area contributed by atoms with Gasteiger partial charge in [0.15, 0.2) is 0 Å². The summed E-state index contributed by atoms with van der Waals surface area (Å²) in [7, 11) is -1.08. The van der Waals surface area contributed by atoms with Gasteiger partial charge in [0.1, 0.15) is 0 Å². The summed E-state index contributed by atoms with van der Waals surface area (Å²) in [6.07, 6.45) is 0.515. The largest absolute Gasteiger partial charge is 0.465 e. The van der Waals surface area contributed by atoms with Gasteiger partial charge < -0.3 is 14.8 Å². The Bertz CT molecular complexity index is 1070. The molecular weight excluding hydrogens is 430 g/mol. The van der Waals surface area contributed by atoms with E-state index in [0.29, 0.717) is 13.0 Å². The molecule has 0 atom stereocenters. The van der Waals surface area contributed by atoms with Crippen molar-refractivity contribution in [1.82, 2.24) is 4.72 Å². The van der Waals surface area contributed by atoms with E-state index in [4.69, 9.17) is 4.74 Å². The van der Waals surface area contributed by atoms with Crippen LogP contribution in [0, 0.1) is 10.1 Å². The minimum Gasteiger partial charge on any atom is -0.465 e. The number of ether oxygens (including phenoxy) is 2. The second kappa shape index (κ2) is 10.6. The smallest absolute Gasteiger partial charge is 0.338 e. The van der Waals surface area contributed by atoms with Crippen LogP contribution in [0.4, 0.5) is 11.4 Å². The second-order valence-corrected chi connectivity index (χ2v) is 8.01. The van der Waals surface area contributed by atoms with Gasteiger partial charge in [-0.25, -0.2) is 17.9 Å². The summed E-state index contributed by atoms with van der Waals surface area (Å²) < 4.78 is 36.3. The van der Waals surface area contributed by atoms with Crippen LogP contribution < -0.4 is 10.0 Å². The van der Waals surface area contributed by atoms with Crippen molar-refractivity contribution in [3.8, 4) is 0 Å². The zero-order valence-electron chi connectivity index (χ0n) is 16.8. The summed E-state index contributed by atoms with van der Waals surface area (Å²) in [4.78, 5) is 34.6. The molecule has 31 heavy (non-hydrogen) atoms. The molecule has 2 aromatic rings. The van der Waals surface area contributed by atoms with Gasteiger partial charge in [-0.2, -0.15) is 0 Å². The molecule has 0 spiro atoms. The number of nitro groups is 1. The van der Waals surface area contributed by atoms with Crippen LogP contribution in [0.3, 0.4) is 0 Å². The topological polar surface area (TPSA) is 154 Å². The molecule has 12 heteroatoms. The Morgan fingerprint density at radius 3 is 2.29 bits per heavy atom. The first kappa shape index (κ1) is 23.9. The van der Waals surface area contributed by atoms with Crippen LogP contribution in [0.5, 0.6) is 0 Å². The summed E-state index contributed by atoms with van der Waals surface area (Å²) in [6.45, 7) is 0.632. The van der Waals surface area contributed by atoms with Gasteiger partial charge in [-0.3, -0.25) is 14.9 Å². The van der Waals surface area contributed by atoms with E-state index in [-0.39, 0.29) is 28.3 Å². The number of rotatable bonds is 10. The third-order valence-electron chi connectivity index (χ3n) is 4.05. The van der Waals surface area contributed by atoms with E-state index in [1.54, 1.807) is 0 Å². The van der Waals surface area contributed by atoms with Gasteiger partial charge in [0, 0.05) is 43.6 Å². The van der Waals surface area contributed by atoms with E-state index in [0.717, 1.165) is 25.3 Å². The molecule has 0 aliphatic carbocycles. The number of hydrogen-bond donors (Lipinski definition) is 2. The maximum absolute atomic E-state index is 12.5. The van der Waals surface area contributed by atoms with Crippen molar-refractivity contribution in [2.24, 2.45) is 0 Å². The fourth-order valence-corrected chi connectivity index (χ4v) is 3.58. The minimum atomic E-state index is -3.72. The molecule has 0 aromatic heterocycles. The molecule has 1 amide bonds. The summed E-state index contributed by atoms with van der Waals surface area (Å²) in [5, 5.41) is 13.6. The molecule has 0 fully saturated rings. The third-order valence-corrected chi connectivity index (χ3v) is 5.53. The highest BCUT2D eigenvalue weighted by molar-refractivity contribution is 7.89. The van der Waals surface area contributed by atoms with Crippen molar-refractivity contribution < 1.29 is 32.4 Å². The molecule has 0 saturated carbocycles. The number of amides is 1. The lowest BCUT2D eigenvalue weighted by Gasteiger charge is -2.09. The molecule has 2 aromatic carbocycles. The van der Waals surface area contributed by atoms with Gasteiger partial charge in [-0.05, 0) is 36.8 Å². The van der Waals surface area contributed by atoms with Crippen LogP contribution >= 0.6 is 0 Å². The zero-order valence-corrected chi connectivity index (χ0v) is 17.6. The monoisotopic (exact) mass is 451 g/mol. The maximum atomic E-state index is 12.5. The van der Waals surface area contributed by atoms with Crippen LogP contribution in [0.2, 0.25) is 0 Å². The first-order valence-electron chi connectivity index (χ1n) is 8.95. The Morgan fingerprint density at radius 1 is 1.06 bits per heavy atom. The fourth-order valence-electron chi connectivity index (χ4n) is 2.51. The van der Waals surface area contributed by atoms with Crippen LogP contribution in [0.1, 0.15) is 27.1 Å². The predicted octanol–water partition coefficient (Wildman–Crippen LogP) is 1.95. The average molecular weight is 451 g/mol. The Balaban J connectivity index is 2.16. The lowest BCUT2D eigenvalue weighted by Crippen LogP contribution is -2.25. The van der Waals surface area contributed by atoms with E-state index < -0.39 is 32.5 Å². The minimum absolute atomic E-state index is 0.00578. The second-order valence-electron chi connectivity index (χ2n) is 6.24. The lowest BCUT2D eigenvalue weighted by molar-refractivity contribution is -0.384. The van der Waals surface area contributed by atoms with Crippen molar-refractivity contribution in [2.45, 2.75) is 11.3 Å². The number of hydrogen-bond acceptors (Lipinski definition) is 8. The summed E-state index contributed by atoms with van der Waals surface area (Å²) >= 11 is 0. The van der Waals surface area contributed by atoms with Crippen LogP contribution in [-0.4, -0.2) is 52.6 Å². The van der Waals surface area contributed by atoms with Crippen LogP contribution in [0.25, 0.3) is 0 Å². The number of non-ortho nitro benzene ring substituents is 1. The van der Waals surface area contributed by atoms with Crippen molar-refractivity contribution in [3.63, 3.8) is 0 Å². The zero-order chi connectivity index (χ0) is 23.0. The molecule has 0 radical (unpaired) electrons. The molecule has 11 nitrogen and oxygen atoms in total. The van der Waals surface area contributed by atoms with Crippen LogP contribution in [-0.2, 0) is 19.5 Å². The third kappa shape index (κ3) is 6.57. The molecule has 0 saturated heterocycles. The summed E-state index contributed by atoms with van der Waals surface area (Å²) in [5.74, 6) is -1.55. The fraction of sp³-hybridized carbons (Fsp3) is 0.263. The number of nitrogens with zero attached hydrogens (tertiary/aromatic N) is 1. The van der Waals surface area contributed by atoms with Crippen molar-refractivity contribution >= 4 is 33.3 Å². The highest BCUT2D eigenvalue weighted by Crippen LogP contribution is 2.20. The first-order chi connectivity index (χ1) is 14.7. The van der Waals surface area contributed by atoms with E-state index in [1.807, 2.05) is 0 Å². The molecule has 0 heterocycles. The lowest BCUT2D eigenvalue weighted by atomic mass is 10.1. The average Bonchev–Trinajstić information content (AvgIpc) is 2.76. The van der Waals surface area contributed by atoms with Gasteiger partial charge >= 0.3 is 5.97 Å². The van der Waals surface area contributed by atoms with Gasteiger partial charge in [0.25, 0.3) is 11.6 Å². The van der Waals surface area contributed by atoms with Gasteiger partial charge in [0.05, 0.1) is 22.5 Å². The van der Waals surface area contributed by atoms with Gasteiger partial charge in [-0.15, -0.1) is 0 Å². The van der Waals surface area contributed by atoms with E-state index >= 15 is 0 Å². The highest BCUT2D eigenvalue weighted by atomic mass is 32.2. The number of benzene rings is 2. The number of carbonyl (C=O) groups is 2. The predicted molar refractivity (Wildman–Crippen MR) is 111 cm³/mol. The first-order valence-corrected chi connectivity index (χ1v) is 10.4. The highest BCUT2D eigenvalue weighted by Gasteiger charge is 2.19. The molecule has 166 valence electrons. The van der Waals surface area contributed by atoms with Crippen molar-refractivity contribution in [3.05, 3.63) is 63.7 Å². The van der Waals surface area contributed by atoms with E-state index in [1.165, 1.54) is 31.4 Å². The Hall–Kier alpha value is -3.35. The SMILES string of the molecule is COCCCNS(=O)(=O)c1ccc(NC(=O)c2cc(C(=O)OC)cc([N+](=O)[O-])c2)cc1. The normalized spacial score (nSPS) is 11.0. The molecule has 0 unspecified atom stereocenters. The summed E-state index contributed by atoms with van der Waals surface area (Å²) in [5.41, 5.74) is -0.475. The van der Waals surface area contributed by atoms with Gasteiger partial charge in [0.2, 0.25) is 10.0 Å². The molecular formula is C19H21N3O8S. The molecule has 2 N–H and O–H groups in total. The van der Waals surface area contributed by atoms with Gasteiger partial charge in [-0.1, -0.05) is 0 Å². The molecule has 0 aliphatic rings. The van der Waals surface area contributed by atoms with E-state index in [9.17, 15) is 28.1 Å². The Morgan fingerprint density at radius 2 is 1.71 bits per heavy atom. The molecule has 2 rings (SSSR count). The number of nitrogens with one attached hydrogen (secondary N) is 2. The number of nitro benzene ring substituents is 1. The Labute approximate surface area is 178 Å². The number of esters is 1. The van der Waals surface area contributed by atoms with Crippen molar-refractivity contribution in [1.29, 1.82) is 0 Å². The number of anilines is 1. The summed E-state index contributed by atoms with van der Waals surface area (Å²) in [6, 6.07) is 8.55. The number of methoxy groups -OCH3 is 2. The molecule has 0 aliphatic heterocycles. The van der Waals surface area contributed by atoms with Crippen molar-refractivity contribution in [2.75, 3.05) is 32.7 Å².